The Bertz CT molecular complexity index is 450. The topological polar surface area (TPSA) is 42.0 Å². The number of amides is 1. The number of aromatic nitrogens is 1. The van der Waals surface area contributed by atoms with Gasteiger partial charge in [-0.15, -0.1) is 0 Å². The Kier molecular flexibility index (Phi) is 4.74. The normalized spacial score (nSPS) is 22.5. The quantitative estimate of drug-likeness (QED) is 0.865. The molecule has 1 fully saturated rings. The van der Waals surface area contributed by atoms with Gasteiger partial charge >= 0.3 is 0 Å². The van der Waals surface area contributed by atoms with Crippen LogP contribution in [0.2, 0.25) is 0 Å². The molecule has 6 heteroatoms. The first-order valence-corrected chi connectivity index (χ1v) is 7.40. The minimum Gasteiger partial charge on any atom is -0.348 e. The molecule has 1 heterocycles. The summed E-state index contributed by atoms with van der Waals surface area (Å²) < 4.78 is 26.9. The van der Waals surface area contributed by atoms with Gasteiger partial charge in [0.05, 0.1) is 0 Å². The van der Waals surface area contributed by atoms with Crippen LogP contribution in [0, 0.1) is 11.8 Å². The van der Waals surface area contributed by atoms with Crippen LogP contribution in [0.1, 0.15) is 36.5 Å². The monoisotopic (exact) mass is 286 g/mol. The number of hydrogen-bond acceptors (Lipinski definition) is 3. The van der Waals surface area contributed by atoms with Gasteiger partial charge < -0.3 is 5.32 Å². The summed E-state index contributed by atoms with van der Waals surface area (Å²) in [6, 6.07) is 0.974. The number of pyridine rings is 1. The molecule has 0 bridgehead atoms. The van der Waals surface area contributed by atoms with E-state index in [1.165, 1.54) is 0 Å². The Labute approximate surface area is 115 Å². The van der Waals surface area contributed by atoms with Crippen LogP contribution in [-0.2, 0) is 0 Å². The number of nitrogens with zero attached hydrogens (tertiary/aromatic N) is 1. The maximum absolute atomic E-state index is 13.5. The van der Waals surface area contributed by atoms with Gasteiger partial charge in [-0.2, -0.15) is 16.2 Å². The van der Waals surface area contributed by atoms with Crippen LogP contribution in [0.15, 0.2) is 12.3 Å². The fourth-order valence-corrected chi connectivity index (χ4v) is 3.56. The molecule has 0 spiro atoms. The molecule has 104 valence electrons. The van der Waals surface area contributed by atoms with E-state index in [4.69, 9.17) is 0 Å². The number of rotatable bonds is 4. The molecule has 2 atom stereocenters. The summed E-state index contributed by atoms with van der Waals surface area (Å²) in [6.45, 7) is 2.06. The van der Waals surface area contributed by atoms with E-state index in [0.717, 1.165) is 37.3 Å². The molecule has 1 aromatic heterocycles. The number of halogens is 2. The SMILES string of the molecule is CCSC1CCCC1NC(=O)c1c(F)ccnc1F. The van der Waals surface area contributed by atoms with Crippen LogP contribution < -0.4 is 5.32 Å². The maximum atomic E-state index is 13.5. The zero-order valence-corrected chi connectivity index (χ0v) is 11.5. The standard InChI is InChI=1S/C13H16F2N2OS/c1-2-19-10-5-3-4-9(10)17-13(18)11-8(14)6-7-16-12(11)15/h6-7,9-10H,2-5H2,1H3,(H,17,18). The van der Waals surface area contributed by atoms with Gasteiger partial charge in [-0.05, 0) is 24.7 Å². The highest BCUT2D eigenvalue weighted by Gasteiger charge is 2.30. The van der Waals surface area contributed by atoms with E-state index in [2.05, 4.69) is 17.2 Å². The highest BCUT2D eigenvalue weighted by molar-refractivity contribution is 7.99. The van der Waals surface area contributed by atoms with Crippen molar-refractivity contribution in [2.24, 2.45) is 0 Å². The average Bonchev–Trinajstić information content (AvgIpc) is 2.77. The minimum atomic E-state index is -1.06. The molecule has 19 heavy (non-hydrogen) atoms. The third kappa shape index (κ3) is 3.23. The molecule has 1 N–H and O–H groups in total. The molecule has 1 aromatic rings. The van der Waals surface area contributed by atoms with Crippen LogP contribution in [0.3, 0.4) is 0 Å². The Balaban J connectivity index is 2.08. The van der Waals surface area contributed by atoms with Crippen molar-refractivity contribution >= 4 is 17.7 Å². The molecule has 0 radical (unpaired) electrons. The summed E-state index contributed by atoms with van der Waals surface area (Å²) in [5.74, 6) is -1.68. The summed E-state index contributed by atoms with van der Waals surface area (Å²) in [6.07, 6.45) is 3.92. The minimum absolute atomic E-state index is 0.0172. The van der Waals surface area contributed by atoms with Crippen molar-refractivity contribution in [3.63, 3.8) is 0 Å². The molecule has 3 nitrogen and oxygen atoms in total. The molecular weight excluding hydrogens is 270 g/mol. The van der Waals surface area contributed by atoms with E-state index in [1.54, 1.807) is 11.8 Å². The summed E-state index contributed by atoms with van der Waals surface area (Å²) in [5, 5.41) is 3.06. The van der Waals surface area contributed by atoms with Gasteiger partial charge in [-0.25, -0.2) is 9.37 Å². The van der Waals surface area contributed by atoms with Gasteiger partial charge in [-0.1, -0.05) is 13.3 Å². The molecule has 0 aromatic carbocycles. The third-order valence-electron chi connectivity index (χ3n) is 3.23. The summed E-state index contributed by atoms with van der Waals surface area (Å²) in [7, 11) is 0. The number of hydrogen-bond donors (Lipinski definition) is 1. The van der Waals surface area contributed by atoms with Crippen LogP contribution in [0.25, 0.3) is 0 Å². The number of carbonyl (C=O) groups is 1. The van der Waals surface area contributed by atoms with Crippen molar-refractivity contribution in [2.75, 3.05) is 5.75 Å². The first kappa shape index (κ1) is 14.2. The largest absolute Gasteiger partial charge is 0.348 e. The smallest absolute Gasteiger partial charge is 0.259 e. The highest BCUT2D eigenvalue weighted by Crippen LogP contribution is 2.30. The van der Waals surface area contributed by atoms with E-state index >= 15 is 0 Å². The van der Waals surface area contributed by atoms with Crippen molar-refractivity contribution in [3.8, 4) is 0 Å². The molecule has 1 aliphatic carbocycles. The Hall–Kier alpha value is -1.17. The van der Waals surface area contributed by atoms with Crippen LogP contribution >= 0.6 is 11.8 Å². The lowest BCUT2D eigenvalue weighted by molar-refractivity contribution is 0.0929. The molecule has 0 aliphatic heterocycles. The summed E-state index contributed by atoms with van der Waals surface area (Å²) >= 11 is 1.77. The van der Waals surface area contributed by atoms with Gasteiger partial charge in [0.1, 0.15) is 11.4 Å². The molecule has 2 rings (SSSR count). The first-order chi connectivity index (χ1) is 9.13. The molecule has 1 amide bonds. The summed E-state index contributed by atoms with van der Waals surface area (Å²) in [4.78, 5) is 15.3. The fourth-order valence-electron chi connectivity index (χ4n) is 2.36. The Morgan fingerprint density at radius 3 is 3.00 bits per heavy atom. The second-order valence-electron chi connectivity index (χ2n) is 4.46. The van der Waals surface area contributed by atoms with Crippen molar-refractivity contribution < 1.29 is 13.6 Å². The Morgan fingerprint density at radius 1 is 1.53 bits per heavy atom. The molecular formula is C13H16F2N2OS. The third-order valence-corrected chi connectivity index (χ3v) is 4.56. The number of thioether (sulfide) groups is 1. The van der Waals surface area contributed by atoms with Gasteiger partial charge in [0, 0.05) is 17.5 Å². The maximum Gasteiger partial charge on any atom is 0.259 e. The fraction of sp³-hybridized carbons (Fsp3) is 0.538. The molecule has 1 saturated carbocycles. The number of carbonyl (C=O) groups excluding carboxylic acids is 1. The predicted molar refractivity (Wildman–Crippen MR) is 71.2 cm³/mol. The summed E-state index contributed by atoms with van der Waals surface area (Å²) in [5.41, 5.74) is -0.588. The zero-order chi connectivity index (χ0) is 13.8. The van der Waals surface area contributed by atoms with Crippen LogP contribution in [-0.4, -0.2) is 27.9 Å². The molecule has 0 saturated heterocycles. The van der Waals surface area contributed by atoms with Gasteiger partial charge in [0.15, 0.2) is 0 Å². The highest BCUT2D eigenvalue weighted by atomic mass is 32.2. The molecule has 1 aliphatic rings. The van der Waals surface area contributed by atoms with Crippen molar-refractivity contribution in [1.82, 2.24) is 10.3 Å². The second-order valence-corrected chi connectivity index (χ2v) is 5.98. The first-order valence-electron chi connectivity index (χ1n) is 6.36. The predicted octanol–water partition coefficient (Wildman–Crippen LogP) is 2.76. The van der Waals surface area contributed by atoms with Crippen LogP contribution in [0.4, 0.5) is 8.78 Å². The van der Waals surface area contributed by atoms with Crippen molar-refractivity contribution in [3.05, 3.63) is 29.6 Å². The van der Waals surface area contributed by atoms with Crippen molar-refractivity contribution in [2.45, 2.75) is 37.5 Å². The second kappa shape index (κ2) is 6.32. The van der Waals surface area contributed by atoms with Gasteiger partial charge in [0.25, 0.3) is 5.91 Å². The van der Waals surface area contributed by atoms with E-state index < -0.39 is 23.2 Å². The lowest BCUT2D eigenvalue weighted by atomic mass is 10.2. The van der Waals surface area contributed by atoms with E-state index in [0.29, 0.717) is 5.25 Å². The van der Waals surface area contributed by atoms with E-state index in [-0.39, 0.29) is 6.04 Å². The Morgan fingerprint density at radius 2 is 2.32 bits per heavy atom. The lowest BCUT2D eigenvalue weighted by Gasteiger charge is -2.20. The van der Waals surface area contributed by atoms with E-state index in [9.17, 15) is 13.6 Å². The van der Waals surface area contributed by atoms with E-state index in [1.807, 2.05) is 0 Å². The van der Waals surface area contributed by atoms with Crippen LogP contribution in [0.5, 0.6) is 0 Å². The molecule has 2 unspecified atom stereocenters. The van der Waals surface area contributed by atoms with Crippen molar-refractivity contribution in [1.29, 1.82) is 0 Å². The average molecular weight is 286 g/mol. The zero-order valence-electron chi connectivity index (χ0n) is 10.7. The van der Waals surface area contributed by atoms with Gasteiger partial charge in [0.2, 0.25) is 5.95 Å². The number of nitrogens with one attached hydrogen (secondary N) is 1. The lowest BCUT2D eigenvalue weighted by Crippen LogP contribution is -2.39. The van der Waals surface area contributed by atoms with Gasteiger partial charge in [-0.3, -0.25) is 4.79 Å².